The molecule has 2 aromatic rings. The van der Waals surface area contributed by atoms with Gasteiger partial charge in [-0.3, -0.25) is 10.1 Å². The third-order valence-electron chi connectivity index (χ3n) is 2.48. The molecule has 0 aliphatic rings. The van der Waals surface area contributed by atoms with E-state index in [0.717, 1.165) is 18.2 Å². The SMILES string of the molecule is Nc1nc(Oc2cccc(F)c2C(=O)O)ccc1[N+](=O)[O-]. The highest BCUT2D eigenvalue weighted by atomic mass is 19.1. The van der Waals surface area contributed by atoms with E-state index in [4.69, 9.17) is 15.6 Å². The average molecular weight is 293 g/mol. The number of aromatic carboxylic acids is 1. The zero-order valence-corrected chi connectivity index (χ0v) is 10.3. The third-order valence-corrected chi connectivity index (χ3v) is 2.48. The molecule has 108 valence electrons. The van der Waals surface area contributed by atoms with E-state index in [-0.39, 0.29) is 11.6 Å². The van der Waals surface area contributed by atoms with E-state index in [0.29, 0.717) is 0 Å². The highest BCUT2D eigenvalue weighted by Crippen LogP contribution is 2.29. The average Bonchev–Trinajstić information content (AvgIpc) is 2.37. The van der Waals surface area contributed by atoms with E-state index >= 15 is 0 Å². The van der Waals surface area contributed by atoms with Crippen molar-refractivity contribution in [2.24, 2.45) is 0 Å². The molecule has 0 radical (unpaired) electrons. The summed E-state index contributed by atoms with van der Waals surface area (Å²) in [6.45, 7) is 0. The maximum absolute atomic E-state index is 13.5. The van der Waals surface area contributed by atoms with Gasteiger partial charge in [-0.05, 0) is 12.1 Å². The number of rotatable bonds is 4. The molecule has 21 heavy (non-hydrogen) atoms. The van der Waals surface area contributed by atoms with Crippen LogP contribution < -0.4 is 10.5 Å². The number of carboxylic acids is 1. The van der Waals surface area contributed by atoms with Gasteiger partial charge in [-0.1, -0.05) is 6.07 Å². The van der Waals surface area contributed by atoms with Crippen LogP contribution in [0.5, 0.6) is 11.6 Å². The number of carboxylic acid groups (broad SMARTS) is 1. The number of carbonyl (C=O) groups is 1. The van der Waals surface area contributed by atoms with Gasteiger partial charge >= 0.3 is 11.7 Å². The van der Waals surface area contributed by atoms with Gasteiger partial charge in [0.2, 0.25) is 11.7 Å². The number of ether oxygens (including phenoxy) is 1. The van der Waals surface area contributed by atoms with Gasteiger partial charge in [0.15, 0.2) is 0 Å². The molecule has 1 heterocycles. The zero-order chi connectivity index (χ0) is 15.6. The van der Waals surface area contributed by atoms with E-state index in [1.807, 2.05) is 0 Å². The molecular weight excluding hydrogens is 285 g/mol. The first-order chi connectivity index (χ1) is 9.90. The number of nitrogen functional groups attached to an aromatic ring is 1. The number of hydrogen-bond donors (Lipinski definition) is 2. The largest absolute Gasteiger partial charge is 0.477 e. The molecule has 0 aliphatic heterocycles. The van der Waals surface area contributed by atoms with Crippen LogP contribution in [0.1, 0.15) is 10.4 Å². The van der Waals surface area contributed by atoms with Gasteiger partial charge in [-0.2, -0.15) is 4.98 Å². The Morgan fingerprint density at radius 3 is 2.67 bits per heavy atom. The van der Waals surface area contributed by atoms with Gasteiger partial charge in [0, 0.05) is 12.1 Å². The molecule has 0 saturated carbocycles. The molecule has 1 aromatic heterocycles. The van der Waals surface area contributed by atoms with Crippen molar-refractivity contribution in [1.82, 2.24) is 4.98 Å². The number of nitrogens with two attached hydrogens (primary N) is 1. The normalized spacial score (nSPS) is 10.1. The second-order valence-electron chi connectivity index (χ2n) is 3.83. The molecule has 0 fully saturated rings. The molecule has 0 spiro atoms. The van der Waals surface area contributed by atoms with Crippen LogP contribution in [0.2, 0.25) is 0 Å². The number of aromatic nitrogens is 1. The van der Waals surface area contributed by atoms with Gasteiger partial charge in [0.25, 0.3) is 0 Å². The minimum absolute atomic E-state index is 0.189. The van der Waals surface area contributed by atoms with Crippen molar-refractivity contribution >= 4 is 17.5 Å². The minimum atomic E-state index is -1.52. The molecular formula is C12H8FN3O5. The van der Waals surface area contributed by atoms with Crippen molar-refractivity contribution in [2.45, 2.75) is 0 Å². The van der Waals surface area contributed by atoms with Crippen LogP contribution in [-0.2, 0) is 0 Å². The zero-order valence-electron chi connectivity index (χ0n) is 10.3. The Kier molecular flexibility index (Phi) is 3.65. The molecule has 0 bridgehead atoms. The standard InChI is InChI=1S/C12H8FN3O5/c13-6-2-1-3-8(10(6)12(17)18)21-9-5-4-7(16(19)20)11(14)15-9/h1-5H,(H2,14,15)(H,17,18). The summed E-state index contributed by atoms with van der Waals surface area (Å²) < 4.78 is 18.6. The van der Waals surface area contributed by atoms with Crippen molar-refractivity contribution in [3.63, 3.8) is 0 Å². The summed E-state index contributed by atoms with van der Waals surface area (Å²) in [4.78, 5) is 24.5. The quantitative estimate of drug-likeness (QED) is 0.653. The van der Waals surface area contributed by atoms with Crippen molar-refractivity contribution in [2.75, 3.05) is 5.73 Å². The number of nitrogens with zero attached hydrogens (tertiary/aromatic N) is 2. The van der Waals surface area contributed by atoms with Gasteiger partial charge in [0.05, 0.1) is 4.92 Å². The second-order valence-corrected chi connectivity index (χ2v) is 3.83. The lowest BCUT2D eigenvalue weighted by molar-refractivity contribution is -0.384. The maximum atomic E-state index is 13.5. The fraction of sp³-hybridized carbons (Fsp3) is 0. The van der Waals surface area contributed by atoms with Gasteiger partial charge in [-0.15, -0.1) is 0 Å². The van der Waals surface area contributed by atoms with E-state index in [1.165, 1.54) is 12.1 Å². The molecule has 2 rings (SSSR count). The minimum Gasteiger partial charge on any atom is -0.477 e. The molecule has 0 atom stereocenters. The smallest absolute Gasteiger partial charge is 0.342 e. The number of hydrogen-bond acceptors (Lipinski definition) is 6. The lowest BCUT2D eigenvalue weighted by Crippen LogP contribution is -2.05. The summed E-state index contributed by atoms with van der Waals surface area (Å²) in [7, 11) is 0. The molecule has 0 aliphatic carbocycles. The number of halogens is 1. The van der Waals surface area contributed by atoms with Crippen LogP contribution in [0, 0.1) is 15.9 Å². The number of benzene rings is 1. The molecule has 3 N–H and O–H groups in total. The molecule has 0 unspecified atom stereocenters. The summed E-state index contributed by atoms with van der Waals surface area (Å²) in [6, 6.07) is 5.63. The molecule has 1 aromatic carbocycles. The van der Waals surface area contributed by atoms with Gasteiger partial charge < -0.3 is 15.6 Å². The Balaban J connectivity index is 2.39. The summed E-state index contributed by atoms with van der Waals surface area (Å²) in [5.41, 5.74) is 4.29. The Morgan fingerprint density at radius 2 is 2.10 bits per heavy atom. The number of anilines is 1. The lowest BCUT2D eigenvalue weighted by Gasteiger charge is -2.08. The van der Waals surface area contributed by atoms with Crippen LogP contribution in [0.3, 0.4) is 0 Å². The first-order valence-electron chi connectivity index (χ1n) is 5.50. The Hall–Kier alpha value is -3.23. The Bertz CT molecular complexity index is 735. The maximum Gasteiger partial charge on any atom is 0.342 e. The molecule has 9 heteroatoms. The fourth-order valence-corrected chi connectivity index (χ4v) is 1.57. The van der Waals surface area contributed by atoms with Crippen molar-refractivity contribution in [1.29, 1.82) is 0 Å². The lowest BCUT2D eigenvalue weighted by atomic mass is 10.2. The first-order valence-corrected chi connectivity index (χ1v) is 5.50. The van der Waals surface area contributed by atoms with Crippen LogP contribution in [0.4, 0.5) is 15.9 Å². The summed E-state index contributed by atoms with van der Waals surface area (Å²) in [6.07, 6.45) is 0. The Morgan fingerprint density at radius 1 is 1.38 bits per heavy atom. The van der Waals surface area contributed by atoms with Gasteiger partial charge in [-0.25, -0.2) is 9.18 Å². The summed E-state index contributed by atoms with van der Waals surface area (Å²) in [5.74, 6) is -3.37. The Labute approximate surface area is 116 Å². The predicted molar refractivity (Wildman–Crippen MR) is 68.7 cm³/mol. The number of pyridine rings is 1. The monoisotopic (exact) mass is 293 g/mol. The topological polar surface area (TPSA) is 129 Å². The summed E-state index contributed by atoms with van der Waals surface area (Å²) >= 11 is 0. The summed E-state index contributed by atoms with van der Waals surface area (Å²) in [5, 5.41) is 19.5. The van der Waals surface area contributed by atoms with Crippen molar-refractivity contribution in [3.05, 3.63) is 51.8 Å². The molecule has 0 amide bonds. The highest BCUT2D eigenvalue weighted by Gasteiger charge is 2.19. The second kappa shape index (κ2) is 5.41. The fourth-order valence-electron chi connectivity index (χ4n) is 1.57. The molecule has 0 saturated heterocycles. The van der Waals surface area contributed by atoms with E-state index in [2.05, 4.69) is 4.98 Å². The predicted octanol–water partition coefficient (Wildman–Crippen LogP) is 2.20. The van der Waals surface area contributed by atoms with Crippen LogP contribution in [0.15, 0.2) is 30.3 Å². The first kappa shape index (κ1) is 14.2. The van der Waals surface area contributed by atoms with Crippen LogP contribution in [-0.4, -0.2) is 21.0 Å². The van der Waals surface area contributed by atoms with E-state index in [9.17, 15) is 19.3 Å². The van der Waals surface area contributed by atoms with E-state index in [1.54, 1.807) is 0 Å². The van der Waals surface area contributed by atoms with Crippen LogP contribution in [0.25, 0.3) is 0 Å². The van der Waals surface area contributed by atoms with E-state index < -0.39 is 33.8 Å². The highest BCUT2D eigenvalue weighted by molar-refractivity contribution is 5.91. The molecule has 8 nitrogen and oxygen atoms in total. The number of nitro groups is 1. The van der Waals surface area contributed by atoms with Gasteiger partial charge in [0.1, 0.15) is 17.1 Å². The third kappa shape index (κ3) is 2.86. The van der Waals surface area contributed by atoms with Crippen LogP contribution >= 0.6 is 0 Å². The van der Waals surface area contributed by atoms with Crippen molar-refractivity contribution in [3.8, 4) is 11.6 Å². The van der Waals surface area contributed by atoms with Crippen molar-refractivity contribution < 1.29 is 24.0 Å².